The summed E-state index contributed by atoms with van der Waals surface area (Å²) in [4.78, 5) is 26.8. The molecule has 0 radical (unpaired) electrons. The van der Waals surface area contributed by atoms with Crippen LogP contribution in [0.15, 0.2) is 36.4 Å². The number of hydrogen-bond acceptors (Lipinski definition) is 4. The summed E-state index contributed by atoms with van der Waals surface area (Å²) < 4.78 is 10.2. The lowest BCUT2D eigenvalue weighted by Crippen LogP contribution is -2.24. The number of amides is 1. The van der Waals surface area contributed by atoms with E-state index in [0.29, 0.717) is 18.7 Å². The molecule has 1 aromatic carbocycles. The Morgan fingerprint density at radius 1 is 1.15 bits per heavy atom. The predicted molar refractivity (Wildman–Crippen MR) is 99.9 cm³/mol. The molecule has 0 aliphatic heterocycles. The average Bonchev–Trinajstić information content (AvgIpc) is 2.91. The van der Waals surface area contributed by atoms with Crippen molar-refractivity contribution in [3.05, 3.63) is 64.5 Å². The van der Waals surface area contributed by atoms with Crippen molar-refractivity contribution < 1.29 is 19.1 Å². The van der Waals surface area contributed by atoms with Gasteiger partial charge >= 0.3 is 12.1 Å². The summed E-state index contributed by atoms with van der Waals surface area (Å²) in [5, 5.41) is 2.65. The minimum absolute atomic E-state index is 0.230. The third-order valence-corrected chi connectivity index (χ3v) is 3.82. The van der Waals surface area contributed by atoms with E-state index in [1.54, 1.807) is 13.0 Å². The predicted octanol–water partition coefficient (Wildman–Crippen LogP) is 3.75. The molecular weight excluding hydrogens is 332 g/mol. The third kappa shape index (κ3) is 5.24. The Bertz CT molecular complexity index is 779. The van der Waals surface area contributed by atoms with Gasteiger partial charge in [0.25, 0.3) is 0 Å². The van der Waals surface area contributed by atoms with Gasteiger partial charge in [-0.3, -0.25) is 0 Å². The second-order valence-electron chi connectivity index (χ2n) is 5.73. The second-order valence-corrected chi connectivity index (χ2v) is 5.73. The smallest absolute Gasteiger partial charge is 0.407 e. The molecule has 2 rings (SSSR count). The Balaban J connectivity index is 1.84. The van der Waals surface area contributed by atoms with Crippen LogP contribution in [0.5, 0.6) is 0 Å². The number of H-pyrrole nitrogens is 1. The van der Waals surface area contributed by atoms with Crippen LogP contribution in [0.1, 0.15) is 39.8 Å². The van der Waals surface area contributed by atoms with Gasteiger partial charge in [-0.05, 0) is 38.0 Å². The van der Waals surface area contributed by atoms with Crippen molar-refractivity contribution in [2.45, 2.75) is 27.4 Å². The van der Waals surface area contributed by atoms with Gasteiger partial charge in [0.15, 0.2) is 0 Å². The number of ether oxygens (including phenoxy) is 2. The number of alkyl carbamates (subject to hydrolysis) is 1. The molecule has 0 aliphatic carbocycles. The zero-order chi connectivity index (χ0) is 18.9. The molecule has 138 valence electrons. The fourth-order valence-electron chi connectivity index (χ4n) is 2.54. The lowest BCUT2D eigenvalue weighted by atomic mass is 10.1. The summed E-state index contributed by atoms with van der Waals surface area (Å²) in [5.74, 6) is -0.332. The summed E-state index contributed by atoms with van der Waals surface area (Å²) in [6, 6.07) is 9.48. The fourth-order valence-corrected chi connectivity index (χ4v) is 2.54. The highest BCUT2D eigenvalue weighted by Gasteiger charge is 2.17. The summed E-state index contributed by atoms with van der Waals surface area (Å²) in [6.45, 7) is 6.35. The first kappa shape index (κ1) is 19.3. The number of aromatic amines is 1. The van der Waals surface area contributed by atoms with Crippen molar-refractivity contribution in [3.63, 3.8) is 0 Å². The van der Waals surface area contributed by atoms with Gasteiger partial charge in [-0.2, -0.15) is 0 Å². The van der Waals surface area contributed by atoms with E-state index in [4.69, 9.17) is 9.47 Å². The molecule has 0 saturated heterocycles. The quantitative estimate of drug-likeness (QED) is 0.741. The summed E-state index contributed by atoms with van der Waals surface area (Å²) in [6.07, 6.45) is 3.13. The van der Waals surface area contributed by atoms with Gasteiger partial charge in [0, 0.05) is 17.9 Å². The van der Waals surface area contributed by atoms with Crippen molar-refractivity contribution in [1.82, 2.24) is 10.3 Å². The normalized spacial score (nSPS) is 10.7. The molecule has 0 saturated carbocycles. The number of carbonyl (C=O) groups is 2. The van der Waals surface area contributed by atoms with E-state index < -0.39 is 6.09 Å². The van der Waals surface area contributed by atoms with Gasteiger partial charge in [-0.15, -0.1) is 0 Å². The van der Waals surface area contributed by atoms with Crippen molar-refractivity contribution in [1.29, 1.82) is 0 Å². The standard InChI is InChI=1S/C20H24N2O4/c1-4-25-19(23)18-14(2)17(22-15(18)3)11-8-12-21-20(24)26-13-16-9-6-5-7-10-16/h5-11,22H,4,12-13H2,1-3H3,(H,21,24). The van der Waals surface area contributed by atoms with Crippen molar-refractivity contribution in [2.75, 3.05) is 13.2 Å². The van der Waals surface area contributed by atoms with Gasteiger partial charge in [0.2, 0.25) is 0 Å². The second kappa shape index (κ2) is 9.46. The minimum Gasteiger partial charge on any atom is -0.462 e. The van der Waals surface area contributed by atoms with Crippen LogP contribution in [0.2, 0.25) is 0 Å². The highest BCUT2D eigenvalue weighted by molar-refractivity contribution is 5.93. The minimum atomic E-state index is -0.481. The lowest BCUT2D eigenvalue weighted by molar-refractivity contribution is 0.0525. The Kier molecular flexibility index (Phi) is 7.02. The molecule has 0 atom stereocenters. The van der Waals surface area contributed by atoms with E-state index in [9.17, 15) is 9.59 Å². The van der Waals surface area contributed by atoms with Gasteiger partial charge < -0.3 is 19.8 Å². The van der Waals surface area contributed by atoms with E-state index >= 15 is 0 Å². The molecule has 1 aromatic heterocycles. The maximum Gasteiger partial charge on any atom is 0.407 e. The van der Waals surface area contributed by atoms with Crippen LogP contribution in [-0.2, 0) is 16.1 Å². The van der Waals surface area contributed by atoms with Crippen molar-refractivity contribution >= 4 is 18.1 Å². The molecule has 26 heavy (non-hydrogen) atoms. The highest BCUT2D eigenvalue weighted by atomic mass is 16.5. The zero-order valence-electron chi connectivity index (χ0n) is 15.3. The summed E-state index contributed by atoms with van der Waals surface area (Å²) in [5.41, 5.74) is 3.88. The van der Waals surface area contributed by atoms with Gasteiger partial charge in [-0.1, -0.05) is 36.4 Å². The van der Waals surface area contributed by atoms with Gasteiger partial charge in [-0.25, -0.2) is 9.59 Å². The largest absolute Gasteiger partial charge is 0.462 e. The van der Waals surface area contributed by atoms with E-state index in [1.807, 2.05) is 50.3 Å². The van der Waals surface area contributed by atoms with Crippen LogP contribution in [-0.4, -0.2) is 30.2 Å². The first-order valence-corrected chi connectivity index (χ1v) is 8.50. The average molecular weight is 356 g/mol. The highest BCUT2D eigenvalue weighted by Crippen LogP contribution is 2.20. The summed E-state index contributed by atoms with van der Waals surface area (Å²) >= 11 is 0. The first-order valence-electron chi connectivity index (χ1n) is 8.50. The molecular formula is C20H24N2O4. The SMILES string of the molecule is CCOC(=O)c1c(C)[nH]c(C=CCNC(=O)OCc2ccccc2)c1C. The molecule has 0 bridgehead atoms. The number of nitrogens with one attached hydrogen (secondary N) is 2. The molecule has 6 heteroatoms. The van der Waals surface area contributed by atoms with Crippen LogP contribution in [0.3, 0.4) is 0 Å². The van der Waals surface area contributed by atoms with E-state index in [0.717, 1.165) is 22.5 Å². The van der Waals surface area contributed by atoms with Crippen molar-refractivity contribution in [2.24, 2.45) is 0 Å². The number of aromatic nitrogens is 1. The number of aryl methyl sites for hydroxylation is 1. The Morgan fingerprint density at radius 3 is 2.58 bits per heavy atom. The van der Waals surface area contributed by atoms with Gasteiger partial charge in [0.1, 0.15) is 6.61 Å². The summed E-state index contributed by atoms with van der Waals surface area (Å²) in [7, 11) is 0. The van der Waals surface area contributed by atoms with E-state index in [2.05, 4.69) is 10.3 Å². The number of benzene rings is 1. The maximum absolute atomic E-state index is 12.0. The molecule has 1 heterocycles. The van der Waals surface area contributed by atoms with Crippen LogP contribution >= 0.6 is 0 Å². The molecule has 1 amide bonds. The fraction of sp³-hybridized carbons (Fsp3) is 0.300. The molecule has 0 aliphatic rings. The number of rotatable bonds is 7. The topological polar surface area (TPSA) is 80.4 Å². The van der Waals surface area contributed by atoms with Crippen LogP contribution in [0, 0.1) is 13.8 Å². The number of esters is 1. The van der Waals surface area contributed by atoms with Crippen molar-refractivity contribution in [3.8, 4) is 0 Å². The maximum atomic E-state index is 12.0. The number of hydrogen-bond donors (Lipinski definition) is 2. The zero-order valence-corrected chi connectivity index (χ0v) is 15.3. The monoisotopic (exact) mass is 356 g/mol. The van der Waals surface area contributed by atoms with E-state index in [1.165, 1.54) is 0 Å². The third-order valence-electron chi connectivity index (χ3n) is 3.82. The molecule has 6 nitrogen and oxygen atoms in total. The molecule has 0 fully saturated rings. The van der Waals surface area contributed by atoms with Crippen LogP contribution < -0.4 is 5.32 Å². The lowest BCUT2D eigenvalue weighted by Gasteiger charge is -2.05. The Labute approximate surface area is 153 Å². The number of carbonyl (C=O) groups excluding carboxylic acids is 2. The molecule has 0 unspecified atom stereocenters. The molecule has 2 aromatic rings. The van der Waals surface area contributed by atoms with E-state index in [-0.39, 0.29) is 12.6 Å². The van der Waals surface area contributed by atoms with Gasteiger partial charge in [0.05, 0.1) is 12.2 Å². The Hall–Kier alpha value is -3.02. The Morgan fingerprint density at radius 2 is 1.88 bits per heavy atom. The first-order chi connectivity index (χ1) is 12.5. The van der Waals surface area contributed by atoms with Crippen LogP contribution in [0.4, 0.5) is 4.79 Å². The molecule has 2 N–H and O–H groups in total. The molecule has 0 spiro atoms. The van der Waals surface area contributed by atoms with Crippen LogP contribution in [0.25, 0.3) is 6.08 Å².